The molecular formula is C19H24N8O2S. The molecule has 30 heavy (non-hydrogen) atoms. The fourth-order valence-electron chi connectivity index (χ4n) is 3.56. The summed E-state index contributed by atoms with van der Waals surface area (Å²) < 4.78 is 24.2. The molecule has 11 heteroatoms. The smallest absolute Gasteiger partial charge is 0.231 e. The molecule has 0 atom stereocenters. The fraction of sp³-hybridized carbons (Fsp3) is 0.421. The van der Waals surface area contributed by atoms with Gasteiger partial charge in [-0.3, -0.25) is 5.10 Å². The standard InChI is InChI=1S/C19H24N8O2S/c1-30(28,29)18-15-16(21-12-2-3-12)23-19(24-17(15)25-26-18)22-13-4-6-14(7-5-13)27-10-8-20-9-11-27/h4-7,12,20H,2-3,8-11H2,1H3,(H3,21,22,23,24,25,26). The van der Waals surface area contributed by atoms with Gasteiger partial charge in [-0.1, -0.05) is 0 Å². The molecule has 1 saturated carbocycles. The van der Waals surface area contributed by atoms with Crippen LogP contribution < -0.4 is 20.9 Å². The van der Waals surface area contributed by atoms with Crippen molar-refractivity contribution in [1.29, 1.82) is 0 Å². The van der Waals surface area contributed by atoms with Crippen molar-refractivity contribution in [3.05, 3.63) is 24.3 Å². The van der Waals surface area contributed by atoms with Gasteiger partial charge in [0.1, 0.15) is 11.2 Å². The Balaban J connectivity index is 1.44. The van der Waals surface area contributed by atoms with E-state index in [0.717, 1.165) is 51.0 Å². The molecule has 10 nitrogen and oxygen atoms in total. The van der Waals surface area contributed by atoms with Gasteiger partial charge in [0.2, 0.25) is 5.95 Å². The van der Waals surface area contributed by atoms with Crippen molar-refractivity contribution in [3.63, 3.8) is 0 Å². The zero-order valence-corrected chi connectivity index (χ0v) is 17.5. The van der Waals surface area contributed by atoms with Crippen molar-refractivity contribution in [2.24, 2.45) is 0 Å². The van der Waals surface area contributed by atoms with Gasteiger partial charge in [0.25, 0.3) is 0 Å². The van der Waals surface area contributed by atoms with Crippen LogP contribution in [0.15, 0.2) is 29.3 Å². The van der Waals surface area contributed by atoms with E-state index in [9.17, 15) is 8.42 Å². The lowest BCUT2D eigenvalue weighted by molar-refractivity contribution is 0.589. The Morgan fingerprint density at radius 2 is 1.83 bits per heavy atom. The maximum absolute atomic E-state index is 12.1. The van der Waals surface area contributed by atoms with E-state index in [2.05, 4.69) is 53.1 Å². The van der Waals surface area contributed by atoms with Crippen molar-refractivity contribution in [2.75, 3.05) is 48.0 Å². The number of fused-ring (bicyclic) bond motifs is 1. The van der Waals surface area contributed by atoms with Crippen molar-refractivity contribution in [2.45, 2.75) is 23.9 Å². The van der Waals surface area contributed by atoms with E-state index < -0.39 is 9.84 Å². The number of nitrogens with one attached hydrogen (secondary N) is 4. The molecule has 158 valence electrons. The first kappa shape index (κ1) is 19.1. The van der Waals surface area contributed by atoms with Crippen LogP contribution in [0.3, 0.4) is 0 Å². The van der Waals surface area contributed by atoms with Crippen LogP contribution in [0, 0.1) is 0 Å². The quantitative estimate of drug-likeness (QED) is 0.461. The van der Waals surface area contributed by atoms with Crippen LogP contribution in [-0.2, 0) is 9.84 Å². The predicted molar refractivity (Wildman–Crippen MR) is 116 cm³/mol. The number of anilines is 4. The molecule has 4 N–H and O–H groups in total. The lowest BCUT2D eigenvalue weighted by Gasteiger charge is -2.29. The molecule has 1 aliphatic heterocycles. The van der Waals surface area contributed by atoms with Crippen LogP contribution in [0.5, 0.6) is 0 Å². The Hall–Kier alpha value is -2.92. The molecule has 3 aromatic rings. The molecule has 1 aliphatic carbocycles. The minimum Gasteiger partial charge on any atom is -0.369 e. The number of aromatic nitrogens is 4. The first-order valence-electron chi connectivity index (χ1n) is 10.0. The highest BCUT2D eigenvalue weighted by Gasteiger charge is 2.27. The predicted octanol–water partition coefficient (Wildman–Crippen LogP) is 1.48. The SMILES string of the molecule is CS(=O)(=O)c1[nH]nc2nc(Nc3ccc(N4CCNCC4)cc3)nc(NC3CC3)c12. The number of hydrogen-bond acceptors (Lipinski definition) is 9. The second kappa shape index (κ2) is 7.40. The fourth-order valence-corrected chi connectivity index (χ4v) is 4.33. The zero-order chi connectivity index (χ0) is 20.7. The van der Waals surface area contributed by atoms with Crippen LogP contribution >= 0.6 is 0 Å². The molecule has 2 fully saturated rings. The lowest BCUT2D eigenvalue weighted by Crippen LogP contribution is -2.43. The Morgan fingerprint density at radius 3 is 2.50 bits per heavy atom. The summed E-state index contributed by atoms with van der Waals surface area (Å²) in [5.74, 6) is 0.851. The molecule has 2 aromatic heterocycles. The highest BCUT2D eigenvalue weighted by molar-refractivity contribution is 7.90. The van der Waals surface area contributed by atoms with Gasteiger partial charge in [0.15, 0.2) is 20.5 Å². The molecule has 2 aliphatic rings. The van der Waals surface area contributed by atoms with E-state index in [-0.39, 0.29) is 5.03 Å². The number of nitrogens with zero attached hydrogens (tertiary/aromatic N) is 4. The molecule has 0 unspecified atom stereocenters. The summed E-state index contributed by atoms with van der Waals surface area (Å²) in [6.45, 7) is 3.96. The van der Waals surface area contributed by atoms with Crippen molar-refractivity contribution in [1.82, 2.24) is 25.5 Å². The molecule has 1 saturated heterocycles. The van der Waals surface area contributed by atoms with Gasteiger partial charge in [-0.05, 0) is 37.1 Å². The number of rotatable bonds is 6. The number of H-pyrrole nitrogens is 1. The minimum absolute atomic E-state index is 0.0348. The normalized spacial score (nSPS) is 17.3. The summed E-state index contributed by atoms with van der Waals surface area (Å²) in [4.78, 5) is 11.3. The first-order chi connectivity index (χ1) is 14.5. The number of hydrogen-bond donors (Lipinski definition) is 4. The summed E-state index contributed by atoms with van der Waals surface area (Å²) in [6.07, 6.45) is 3.22. The van der Waals surface area contributed by atoms with E-state index in [1.807, 2.05) is 12.1 Å². The van der Waals surface area contributed by atoms with Gasteiger partial charge < -0.3 is 20.9 Å². The Labute approximate surface area is 174 Å². The van der Waals surface area contributed by atoms with Gasteiger partial charge in [-0.15, -0.1) is 0 Å². The average molecular weight is 429 g/mol. The van der Waals surface area contributed by atoms with Crippen LogP contribution in [0.25, 0.3) is 11.0 Å². The lowest BCUT2D eigenvalue weighted by atomic mass is 10.2. The summed E-state index contributed by atoms with van der Waals surface area (Å²) in [5, 5.41) is 17.0. The highest BCUT2D eigenvalue weighted by Crippen LogP contribution is 2.32. The Morgan fingerprint density at radius 1 is 1.10 bits per heavy atom. The molecule has 0 amide bonds. The second-order valence-electron chi connectivity index (χ2n) is 7.75. The van der Waals surface area contributed by atoms with E-state index in [4.69, 9.17) is 0 Å². The topological polar surface area (TPSA) is 128 Å². The molecule has 0 spiro atoms. The third kappa shape index (κ3) is 3.90. The third-order valence-corrected chi connectivity index (χ3v) is 6.31. The number of piperazine rings is 1. The molecule has 0 radical (unpaired) electrons. The average Bonchev–Trinajstić information content (AvgIpc) is 3.43. The third-order valence-electron chi connectivity index (χ3n) is 5.27. The highest BCUT2D eigenvalue weighted by atomic mass is 32.2. The maximum atomic E-state index is 12.1. The van der Waals surface area contributed by atoms with Gasteiger partial charge >= 0.3 is 0 Å². The zero-order valence-electron chi connectivity index (χ0n) is 16.6. The molecule has 0 bridgehead atoms. The number of benzene rings is 1. The van der Waals surface area contributed by atoms with E-state index in [0.29, 0.717) is 28.8 Å². The van der Waals surface area contributed by atoms with Crippen LogP contribution in [0.2, 0.25) is 0 Å². The van der Waals surface area contributed by atoms with Crippen LogP contribution in [0.1, 0.15) is 12.8 Å². The van der Waals surface area contributed by atoms with Gasteiger partial charge in [0, 0.05) is 49.9 Å². The van der Waals surface area contributed by atoms with Gasteiger partial charge in [0.05, 0.1) is 0 Å². The summed E-state index contributed by atoms with van der Waals surface area (Å²) in [6, 6.07) is 8.44. The van der Waals surface area contributed by atoms with Crippen LogP contribution in [0.4, 0.5) is 23.1 Å². The number of aromatic amines is 1. The van der Waals surface area contributed by atoms with Gasteiger partial charge in [-0.2, -0.15) is 15.1 Å². The molecule has 3 heterocycles. The molecular weight excluding hydrogens is 404 g/mol. The summed E-state index contributed by atoms with van der Waals surface area (Å²) in [5.41, 5.74) is 2.34. The monoisotopic (exact) mass is 428 g/mol. The van der Waals surface area contributed by atoms with Crippen molar-refractivity contribution in [3.8, 4) is 0 Å². The first-order valence-corrected chi connectivity index (χ1v) is 11.9. The maximum Gasteiger partial charge on any atom is 0.231 e. The van der Waals surface area contributed by atoms with Crippen molar-refractivity contribution >= 4 is 44.0 Å². The van der Waals surface area contributed by atoms with E-state index >= 15 is 0 Å². The van der Waals surface area contributed by atoms with E-state index in [1.54, 1.807) is 0 Å². The Kier molecular flexibility index (Phi) is 4.70. The number of sulfone groups is 1. The van der Waals surface area contributed by atoms with Crippen LogP contribution in [-0.4, -0.2) is 67.1 Å². The largest absolute Gasteiger partial charge is 0.369 e. The summed E-state index contributed by atoms with van der Waals surface area (Å²) in [7, 11) is -3.48. The van der Waals surface area contributed by atoms with Gasteiger partial charge in [-0.25, -0.2) is 8.42 Å². The van der Waals surface area contributed by atoms with Crippen molar-refractivity contribution < 1.29 is 8.42 Å². The second-order valence-corrected chi connectivity index (χ2v) is 9.70. The minimum atomic E-state index is -3.48. The summed E-state index contributed by atoms with van der Waals surface area (Å²) >= 11 is 0. The molecule has 1 aromatic carbocycles. The van der Waals surface area contributed by atoms with E-state index in [1.165, 1.54) is 5.69 Å². The Bertz CT molecular complexity index is 1170. The molecule has 5 rings (SSSR count).